The van der Waals surface area contributed by atoms with Gasteiger partial charge in [0, 0.05) is 21.4 Å². The SMILES string of the molecule is NC(=S)c1ccc(Br)cc1Nc1ccccc1. The largest absolute Gasteiger partial charge is 0.389 e. The lowest BCUT2D eigenvalue weighted by Crippen LogP contribution is -2.11. The molecule has 2 rings (SSSR count). The first kappa shape index (κ1) is 12.1. The van der Waals surface area contributed by atoms with Crippen LogP contribution >= 0.6 is 28.1 Å². The number of para-hydroxylation sites is 1. The van der Waals surface area contributed by atoms with Crippen LogP contribution in [-0.2, 0) is 0 Å². The van der Waals surface area contributed by atoms with Crippen LogP contribution in [0.2, 0.25) is 0 Å². The predicted molar refractivity (Wildman–Crippen MR) is 79.8 cm³/mol. The van der Waals surface area contributed by atoms with Crippen LogP contribution in [0.25, 0.3) is 0 Å². The van der Waals surface area contributed by atoms with Gasteiger partial charge in [-0.1, -0.05) is 46.3 Å². The van der Waals surface area contributed by atoms with E-state index in [2.05, 4.69) is 21.2 Å². The minimum absolute atomic E-state index is 0.385. The highest BCUT2D eigenvalue weighted by atomic mass is 79.9. The molecule has 17 heavy (non-hydrogen) atoms. The number of halogens is 1. The van der Waals surface area contributed by atoms with E-state index in [1.165, 1.54) is 0 Å². The molecule has 0 fully saturated rings. The summed E-state index contributed by atoms with van der Waals surface area (Å²) < 4.78 is 0.982. The number of nitrogens with two attached hydrogens (primary N) is 1. The Balaban J connectivity index is 2.37. The number of hydrogen-bond donors (Lipinski definition) is 2. The molecule has 2 aromatic carbocycles. The fraction of sp³-hybridized carbons (Fsp3) is 0. The number of benzene rings is 2. The van der Waals surface area contributed by atoms with Gasteiger partial charge in [0.15, 0.2) is 0 Å². The maximum atomic E-state index is 5.69. The Morgan fingerprint density at radius 3 is 2.47 bits per heavy atom. The van der Waals surface area contributed by atoms with E-state index in [-0.39, 0.29) is 0 Å². The average molecular weight is 307 g/mol. The molecule has 2 aromatic rings. The molecule has 0 radical (unpaired) electrons. The Labute approximate surface area is 114 Å². The minimum Gasteiger partial charge on any atom is -0.389 e. The van der Waals surface area contributed by atoms with Gasteiger partial charge in [0.2, 0.25) is 0 Å². The van der Waals surface area contributed by atoms with E-state index in [1.54, 1.807) is 0 Å². The van der Waals surface area contributed by atoms with Gasteiger partial charge in [0.1, 0.15) is 4.99 Å². The van der Waals surface area contributed by atoms with Gasteiger partial charge in [0.05, 0.1) is 0 Å². The highest BCUT2D eigenvalue weighted by Crippen LogP contribution is 2.24. The molecule has 0 spiro atoms. The van der Waals surface area contributed by atoms with Gasteiger partial charge < -0.3 is 11.1 Å². The summed E-state index contributed by atoms with van der Waals surface area (Å²) in [4.78, 5) is 0.385. The van der Waals surface area contributed by atoms with Crippen molar-refractivity contribution in [2.75, 3.05) is 5.32 Å². The van der Waals surface area contributed by atoms with Crippen molar-refractivity contribution >= 4 is 44.5 Å². The first-order chi connectivity index (χ1) is 8.16. The third-order valence-corrected chi connectivity index (χ3v) is 3.01. The molecule has 0 amide bonds. The van der Waals surface area contributed by atoms with Crippen LogP contribution in [0.1, 0.15) is 5.56 Å². The minimum atomic E-state index is 0.385. The molecule has 4 heteroatoms. The molecule has 0 aliphatic heterocycles. The Hall–Kier alpha value is -1.39. The summed E-state index contributed by atoms with van der Waals surface area (Å²) in [7, 11) is 0. The van der Waals surface area contributed by atoms with Crippen LogP contribution in [-0.4, -0.2) is 4.99 Å². The highest BCUT2D eigenvalue weighted by Gasteiger charge is 2.05. The summed E-state index contributed by atoms with van der Waals surface area (Å²) >= 11 is 8.47. The Bertz CT molecular complexity index is 540. The van der Waals surface area contributed by atoms with Crippen LogP contribution in [0, 0.1) is 0 Å². The van der Waals surface area contributed by atoms with Crippen LogP contribution in [0.4, 0.5) is 11.4 Å². The molecule has 2 nitrogen and oxygen atoms in total. The number of rotatable bonds is 3. The summed E-state index contributed by atoms with van der Waals surface area (Å²) in [6.45, 7) is 0. The fourth-order valence-electron chi connectivity index (χ4n) is 1.51. The molecular weight excluding hydrogens is 296 g/mol. The molecule has 0 saturated heterocycles. The lowest BCUT2D eigenvalue weighted by molar-refractivity contribution is 1.51. The van der Waals surface area contributed by atoms with E-state index >= 15 is 0 Å². The fourth-order valence-corrected chi connectivity index (χ4v) is 2.05. The standard InChI is InChI=1S/C13H11BrN2S/c14-9-6-7-11(13(15)17)12(8-9)16-10-4-2-1-3-5-10/h1-8,16H,(H2,15,17). The van der Waals surface area contributed by atoms with Gasteiger partial charge in [-0.05, 0) is 30.3 Å². The molecule has 0 unspecified atom stereocenters. The van der Waals surface area contributed by atoms with Crippen molar-refractivity contribution in [1.82, 2.24) is 0 Å². The Kier molecular flexibility index (Phi) is 3.76. The van der Waals surface area contributed by atoms with Crippen LogP contribution in [0.15, 0.2) is 53.0 Å². The summed E-state index contributed by atoms with van der Waals surface area (Å²) in [6, 6.07) is 15.7. The number of anilines is 2. The monoisotopic (exact) mass is 306 g/mol. The maximum Gasteiger partial charge on any atom is 0.106 e. The first-order valence-electron chi connectivity index (χ1n) is 5.08. The third-order valence-electron chi connectivity index (χ3n) is 2.30. The predicted octanol–water partition coefficient (Wildman–Crippen LogP) is 3.83. The first-order valence-corrected chi connectivity index (χ1v) is 6.28. The molecular formula is C13H11BrN2S. The zero-order valence-corrected chi connectivity index (χ0v) is 11.4. The molecule has 0 bridgehead atoms. The van der Waals surface area contributed by atoms with Crippen molar-refractivity contribution in [2.45, 2.75) is 0 Å². The lowest BCUT2D eigenvalue weighted by Gasteiger charge is -2.11. The summed E-state index contributed by atoms with van der Waals surface area (Å²) in [5, 5.41) is 3.30. The van der Waals surface area contributed by atoms with Crippen molar-refractivity contribution in [2.24, 2.45) is 5.73 Å². The Morgan fingerprint density at radius 2 is 1.82 bits per heavy atom. The number of thiocarbonyl (C=S) groups is 1. The van der Waals surface area contributed by atoms with Crippen molar-refractivity contribution in [3.8, 4) is 0 Å². The molecule has 0 aliphatic rings. The maximum absolute atomic E-state index is 5.69. The number of hydrogen-bond acceptors (Lipinski definition) is 2. The highest BCUT2D eigenvalue weighted by molar-refractivity contribution is 9.10. The van der Waals surface area contributed by atoms with Crippen molar-refractivity contribution in [3.63, 3.8) is 0 Å². The van der Waals surface area contributed by atoms with Crippen LogP contribution in [0.3, 0.4) is 0 Å². The van der Waals surface area contributed by atoms with Crippen molar-refractivity contribution in [1.29, 1.82) is 0 Å². The van der Waals surface area contributed by atoms with E-state index in [0.717, 1.165) is 21.4 Å². The average Bonchev–Trinajstić information content (AvgIpc) is 2.30. The van der Waals surface area contributed by atoms with E-state index in [9.17, 15) is 0 Å². The van der Waals surface area contributed by atoms with Gasteiger partial charge in [0.25, 0.3) is 0 Å². The van der Waals surface area contributed by atoms with Crippen molar-refractivity contribution < 1.29 is 0 Å². The molecule has 0 aliphatic carbocycles. The van der Waals surface area contributed by atoms with E-state index in [0.29, 0.717) is 4.99 Å². The third kappa shape index (κ3) is 3.05. The van der Waals surface area contributed by atoms with Gasteiger partial charge in [-0.2, -0.15) is 0 Å². The van der Waals surface area contributed by atoms with Gasteiger partial charge in [-0.15, -0.1) is 0 Å². The van der Waals surface area contributed by atoms with E-state index in [1.807, 2.05) is 48.5 Å². The van der Waals surface area contributed by atoms with Crippen molar-refractivity contribution in [3.05, 3.63) is 58.6 Å². The lowest BCUT2D eigenvalue weighted by atomic mass is 10.1. The molecule has 86 valence electrons. The second-order valence-corrected chi connectivity index (χ2v) is 4.90. The molecule has 0 aromatic heterocycles. The van der Waals surface area contributed by atoms with Gasteiger partial charge >= 0.3 is 0 Å². The second-order valence-electron chi connectivity index (χ2n) is 3.55. The zero-order chi connectivity index (χ0) is 12.3. The Morgan fingerprint density at radius 1 is 1.12 bits per heavy atom. The topological polar surface area (TPSA) is 38.0 Å². The molecule has 0 heterocycles. The summed E-state index contributed by atoms with van der Waals surface area (Å²) in [6.07, 6.45) is 0. The van der Waals surface area contributed by atoms with Gasteiger partial charge in [-0.3, -0.25) is 0 Å². The van der Waals surface area contributed by atoms with E-state index in [4.69, 9.17) is 18.0 Å². The van der Waals surface area contributed by atoms with Crippen LogP contribution in [0.5, 0.6) is 0 Å². The summed E-state index contributed by atoms with van der Waals surface area (Å²) in [5.74, 6) is 0. The van der Waals surface area contributed by atoms with Gasteiger partial charge in [-0.25, -0.2) is 0 Å². The van der Waals surface area contributed by atoms with E-state index < -0.39 is 0 Å². The second kappa shape index (κ2) is 5.29. The normalized spacial score (nSPS) is 9.94. The molecule has 0 atom stereocenters. The molecule has 0 saturated carbocycles. The van der Waals surface area contributed by atoms with Crippen LogP contribution < -0.4 is 11.1 Å². The smallest absolute Gasteiger partial charge is 0.106 e. The zero-order valence-electron chi connectivity index (χ0n) is 8.98. The quantitative estimate of drug-likeness (QED) is 0.847. The molecule has 3 N–H and O–H groups in total. The summed E-state index contributed by atoms with van der Waals surface area (Å²) in [5.41, 5.74) is 8.44. The number of nitrogens with one attached hydrogen (secondary N) is 1.